The number of fused-ring (bicyclic) bond motifs is 1. The van der Waals surface area contributed by atoms with Gasteiger partial charge in [0.05, 0.1) is 5.69 Å². The van der Waals surface area contributed by atoms with E-state index >= 15 is 0 Å². The van der Waals surface area contributed by atoms with E-state index in [1.807, 2.05) is 27.7 Å². The normalized spacial score (nSPS) is 9.54. The zero-order chi connectivity index (χ0) is 9.84. The number of aryl methyl sites for hydroxylation is 2. The van der Waals surface area contributed by atoms with E-state index in [-0.39, 0.29) is 0 Å². The van der Waals surface area contributed by atoms with Gasteiger partial charge in [0.15, 0.2) is 12.0 Å². The molecular weight excluding hydrogens is 164 g/mol. The summed E-state index contributed by atoms with van der Waals surface area (Å²) in [5.41, 5.74) is 3.66. The Balaban J connectivity index is 0.000000396. The highest BCUT2D eigenvalue weighted by Crippen LogP contribution is 2.17. The molecule has 0 aromatic carbocycles. The lowest BCUT2D eigenvalue weighted by atomic mass is 10.2. The summed E-state index contributed by atoms with van der Waals surface area (Å²) in [5.74, 6) is 0. The standard InChI is InChI=1S/C8H8N2O.C2H6/c1-5-3-9-6(2)7-8(5)11-4-10-7;1-2/h3-4H,1-2H3;1-2H3. The molecule has 0 fully saturated rings. The number of rotatable bonds is 0. The van der Waals surface area contributed by atoms with Gasteiger partial charge in [-0.1, -0.05) is 13.8 Å². The van der Waals surface area contributed by atoms with Crippen molar-refractivity contribution in [2.75, 3.05) is 0 Å². The van der Waals surface area contributed by atoms with Crippen molar-refractivity contribution >= 4 is 11.1 Å². The quantitative estimate of drug-likeness (QED) is 0.622. The third-order valence-corrected chi connectivity index (χ3v) is 1.72. The van der Waals surface area contributed by atoms with E-state index in [9.17, 15) is 0 Å². The number of nitrogens with zero attached hydrogens (tertiary/aromatic N) is 2. The first-order chi connectivity index (χ1) is 6.29. The summed E-state index contributed by atoms with van der Waals surface area (Å²) in [6.07, 6.45) is 3.25. The number of hydrogen-bond acceptors (Lipinski definition) is 3. The highest BCUT2D eigenvalue weighted by molar-refractivity contribution is 5.77. The van der Waals surface area contributed by atoms with Gasteiger partial charge in [-0.3, -0.25) is 4.98 Å². The van der Waals surface area contributed by atoms with Crippen molar-refractivity contribution in [1.29, 1.82) is 0 Å². The molecule has 3 nitrogen and oxygen atoms in total. The van der Waals surface area contributed by atoms with Gasteiger partial charge in [0, 0.05) is 11.8 Å². The Morgan fingerprint density at radius 1 is 1.15 bits per heavy atom. The molecule has 0 amide bonds. The van der Waals surface area contributed by atoms with Gasteiger partial charge in [0.25, 0.3) is 0 Å². The average molecular weight is 178 g/mol. The van der Waals surface area contributed by atoms with Crippen molar-refractivity contribution in [3.05, 3.63) is 23.8 Å². The topological polar surface area (TPSA) is 38.9 Å². The zero-order valence-corrected chi connectivity index (χ0v) is 8.46. The SMILES string of the molecule is CC.Cc1ncc(C)c2ocnc12. The van der Waals surface area contributed by atoms with Crippen LogP contribution in [-0.4, -0.2) is 9.97 Å². The fourth-order valence-electron chi connectivity index (χ4n) is 1.10. The molecular formula is C10H14N2O. The van der Waals surface area contributed by atoms with Crippen LogP contribution < -0.4 is 0 Å². The van der Waals surface area contributed by atoms with Crippen LogP contribution in [0.2, 0.25) is 0 Å². The smallest absolute Gasteiger partial charge is 0.182 e. The van der Waals surface area contributed by atoms with Gasteiger partial charge in [-0.2, -0.15) is 0 Å². The molecule has 2 aromatic rings. The molecule has 0 unspecified atom stereocenters. The summed E-state index contributed by atoms with van der Waals surface area (Å²) in [5, 5.41) is 0. The summed E-state index contributed by atoms with van der Waals surface area (Å²) in [4.78, 5) is 8.21. The predicted molar refractivity (Wildman–Crippen MR) is 52.6 cm³/mol. The van der Waals surface area contributed by atoms with Crippen LogP contribution in [0.5, 0.6) is 0 Å². The van der Waals surface area contributed by atoms with Crippen LogP contribution in [0.25, 0.3) is 11.1 Å². The third-order valence-electron chi connectivity index (χ3n) is 1.72. The largest absolute Gasteiger partial charge is 0.443 e. The third kappa shape index (κ3) is 1.69. The summed E-state index contributed by atoms with van der Waals surface area (Å²) in [6.45, 7) is 7.88. The highest BCUT2D eigenvalue weighted by atomic mass is 16.3. The Kier molecular flexibility index (Phi) is 3.01. The first kappa shape index (κ1) is 9.71. The van der Waals surface area contributed by atoms with E-state index in [0.29, 0.717) is 0 Å². The molecule has 0 aliphatic rings. The predicted octanol–water partition coefficient (Wildman–Crippen LogP) is 2.87. The molecule has 2 heterocycles. The van der Waals surface area contributed by atoms with Crippen LogP contribution in [0.3, 0.4) is 0 Å². The number of aromatic nitrogens is 2. The average Bonchev–Trinajstić information content (AvgIpc) is 2.64. The van der Waals surface area contributed by atoms with Crippen molar-refractivity contribution in [2.24, 2.45) is 0 Å². The van der Waals surface area contributed by atoms with Crippen LogP contribution in [0.1, 0.15) is 25.1 Å². The first-order valence-electron chi connectivity index (χ1n) is 4.44. The monoisotopic (exact) mass is 178 g/mol. The Bertz CT molecular complexity index is 357. The number of pyridine rings is 1. The molecule has 0 aliphatic heterocycles. The molecule has 2 aromatic heterocycles. The molecule has 70 valence electrons. The van der Waals surface area contributed by atoms with E-state index in [0.717, 1.165) is 22.4 Å². The van der Waals surface area contributed by atoms with Crippen molar-refractivity contribution in [2.45, 2.75) is 27.7 Å². The maximum absolute atomic E-state index is 5.18. The van der Waals surface area contributed by atoms with Gasteiger partial charge < -0.3 is 4.42 Å². The lowest BCUT2D eigenvalue weighted by Gasteiger charge is -1.94. The zero-order valence-electron chi connectivity index (χ0n) is 8.46. The van der Waals surface area contributed by atoms with Crippen molar-refractivity contribution in [3.8, 4) is 0 Å². The second-order valence-corrected chi connectivity index (χ2v) is 2.56. The molecule has 0 saturated carbocycles. The second-order valence-electron chi connectivity index (χ2n) is 2.56. The fraction of sp³-hybridized carbons (Fsp3) is 0.400. The summed E-state index contributed by atoms with van der Waals surface area (Å²) < 4.78 is 5.18. The molecule has 0 spiro atoms. The molecule has 0 bridgehead atoms. The molecule has 0 saturated heterocycles. The first-order valence-corrected chi connectivity index (χ1v) is 4.44. The van der Waals surface area contributed by atoms with Gasteiger partial charge in [-0.05, 0) is 13.8 Å². The van der Waals surface area contributed by atoms with E-state index < -0.39 is 0 Å². The minimum absolute atomic E-state index is 0.845. The van der Waals surface area contributed by atoms with Gasteiger partial charge in [0.1, 0.15) is 5.52 Å². The molecule has 0 radical (unpaired) electrons. The molecule has 0 aliphatic carbocycles. The molecule has 3 heteroatoms. The minimum atomic E-state index is 0.845. The van der Waals surface area contributed by atoms with Crippen LogP contribution in [0, 0.1) is 13.8 Å². The van der Waals surface area contributed by atoms with Crippen LogP contribution >= 0.6 is 0 Å². The van der Waals surface area contributed by atoms with Crippen molar-refractivity contribution in [3.63, 3.8) is 0 Å². The number of hydrogen-bond donors (Lipinski definition) is 0. The molecule has 2 rings (SSSR count). The lowest BCUT2D eigenvalue weighted by molar-refractivity contribution is 0.599. The summed E-state index contributed by atoms with van der Waals surface area (Å²) in [7, 11) is 0. The van der Waals surface area contributed by atoms with Crippen molar-refractivity contribution < 1.29 is 4.42 Å². The minimum Gasteiger partial charge on any atom is -0.443 e. The van der Waals surface area contributed by atoms with Crippen LogP contribution in [0.4, 0.5) is 0 Å². The van der Waals surface area contributed by atoms with E-state index in [2.05, 4.69) is 9.97 Å². The molecule has 13 heavy (non-hydrogen) atoms. The van der Waals surface area contributed by atoms with Crippen LogP contribution in [0.15, 0.2) is 17.0 Å². The maximum atomic E-state index is 5.18. The summed E-state index contributed by atoms with van der Waals surface area (Å²) >= 11 is 0. The van der Waals surface area contributed by atoms with E-state index in [1.54, 1.807) is 6.20 Å². The molecule has 0 N–H and O–H groups in total. The van der Waals surface area contributed by atoms with Gasteiger partial charge in [-0.25, -0.2) is 4.98 Å². The van der Waals surface area contributed by atoms with Gasteiger partial charge >= 0.3 is 0 Å². The fourth-order valence-corrected chi connectivity index (χ4v) is 1.10. The Morgan fingerprint density at radius 3 is 2.46 bits per heavy atom. The highest BCUT2D eigenvalue weighted by Gasteiger charge is 2.04. The Morgan fingerprint density at radius 2 is 1.85 bits per heavy atom. The summed E-state index contributed by atoms with van der Waals surface area (Å²) in [6, 6.07) is 0. The van der Waals surface area contributed by atoms with E-state index in [1.165, 1.54) is 6.39 Å². The second kappa shape index (κ2) is 4.03. The Labute approximate surface area is 77.8 Å². The Hall–Kier alpha value is -1.38. The lowest BCUT2D eigenvalue weighted by Crippen LogP contribution is -1.84. The van der Waals surface area contributed by atoms with Gasteiger partial charge in [-0.15, -0.1) is 0 Å². The van der Waals surface area contributed by atoms with Gasteiger partial charge in [0.2, 0.25) is 0 Å². The maximum Gasteiger partial charge on any atom is 0.182 e. The molecule has 0 atom stereocenters. The van der Waals surface area contributed by atoms with E-state index in [4.69, 9.17) is 4.42 Å². The van der Waals surface area contributed by atoms with Crippen molar-refractivity contribution in [1.82, 2.24) is 9.97 Å². The van der Waals surface area contributed by atoms with Crippen LogP contribution in [-0.2, 0) is 0 Å². The number of oxazole rings is 1.